The van der Waals surface area contributed by atoms with Crippen LogP contribution in [-0.4, -0.2) is 28.2 Å². The SMILES string of the molecule is OCCNc1nc(Nc2ccccc2I)cc(C2CC2)n1. The maximum Gasteiger partial charge on any atom is 0.224 e. The second-order valence-electron chi connectivity index (χ2n) is 5.03. The van der Waals surface area contributed by atoms with Gasteiger partial charge in [0.1, 0.15) is 5.82 Å². The number of aliphatic hydroxyl groups excluding tert-OH is 1. The molecule has 0 aliphatic heterocycles. The average molecular weight is 396 g/mol. The Hall–Kier alpha value is -1.41. The summed E-state index contributed by atoms with van der Waals surface area (Å²) in [5.41, 5.74) is 2.10. The van der Waals surface area contributed by atoms with Crippen molar-refractivity contribution < 1.29 is 5.11 Å². The molecule has 6 heteroatoms. The van der Waals surface area contributed by atoms with Crippen LogP contribution < -0.4 is 10.6 Å². The quantitative estimate of drug-likeness (QED) is 0.655. The fraction of sp³-hybridized carbons (Fsp3) is 0.333. The Bertz CT molecular complexity index is 631. The molecule has 1 heterocycles. The van der Waals surface area contributed by atoms with Crippen molar-refractivity contribution in [3.63, 3.8) is 0 Å². The molecule has 1 aromatic heterocycles. The van der Waals surface area contributed by atoms with Crippen molar-refractivity contribution >= 4 is 40.0 Å². The first-order valence-electron chi connectivity index (χ1n) is 7.01. The third-order valence-electron chi connectivity index (χ3n) is 3.27. The lowest BCUT2D eigenvalue weighted by atomic mass is 10.2. The number of aliphatic hydroxyl groups is 1. The van der Waals surface area contributed by atoms with Crippen molar-refractivity contribution in [2.45, 2.75) is 18.8 Å². The van der Waals surface area contributed by atoms with E-state index in [1.165, 1.54) is 12.8 Å². The van der Waals surface area contributed by atoms with Crippen molar-refractivity contribution in [1.82, 2.24) is 9.97 Å². The molecule has 2 aromatic rings. The van der Waals surface area contributed by atoms with Gasteiger partial charge in [0.25, 0.3) is 0 Å². The number of rotatable bonds is 6. The van der Waals surface area contributed by atoms with Gasteiger partial charge in [0.05, 0.1) is 18.0 Å². The Morgan fingerprint density at radius 3 is 2.76 bits per heavy atom. The minimum atomic E-state index is 0.0658. The van der Waals surface area contributed by atoms with Crippen molar-refractivity contribution in [2.75, 3.05) is 23.8 Å². The molecular formula is C15H17IN4O. The number of para-hydroxylation sites is 1. The van der Waals surface area contributed by atoms with E-state index < -0.39 is 0 Å². The van der Waals surface area contributed by atoms with E-state index in [2.05, 4.69) is 49.3 Å². The third kappa shape index (κ3) is 3.82. The van der Waals surface area contributed by atoms with Crippen LogP contribution in [0.4, 0.5) is 17.5 Å². The highest BCUT2D eigenvalue weighted by Crippen LogP contribution is 2.40. The number of nitrogens with one attached hydrogen (secondary N) is 2. The van der Waals surface area contributed by atoms with E-state index in [0.717, 1.165) is 20.8 Å². The summed E-state index contributed by atoms with van der Waals surface area (Å²) in [6.07, 6.45) is 2.39. The lowest BCUT2D eigenvalue weighted by molar-refractivity contribution is 0.311. The molecule has 1 aromatic carbocycles. The van der Waals surface area contributed by atoms with E-state index in [1.54, 1.807) is 0 Å². The lowest BCUT2D eigenvalue weighted by Crippen LogP contribution is -2.10. The molecule has 0 radical (unpaired) electrons. The van der Waals surface area contributed by atoms with E-state index in [0.29, 0.717) is 18.4 Å². The van der Waals surface area contributed by atoms with Crippen molar-refractivity contribution in [3.05, 3.63) is 39.6 Å². The zero-order valence-electron chi connectivity index (χ0n) is 11.5. The van der Waals surface area contributed by atoms with Gasteiger partial charge in [-0.25, -0.2) is 4.98 Å². The van der Waals surface area contributed by atoms with Gasteiger partial charge in [-0.2, -0.15) is 4.98 Å². The van der Waals surface area contributed by atoms with Crippen LogP contribution in [0.2, 0.25) is 0 Å². The van der Waals surface area contributed by atoms with E-state index in [1.807, 2.05) is 24.3 Å². The molecule has 0 spiro atoms. The second kappa shape index (κ2) is 6.57. The number of nitrogens with zero attached hydrogens (tertiary/aromatic N) is 2. The van der Waals surface area contributed by atoms with E-state index in [9.17, 15) is 0 Å². The first-order valence-corrected chi connectivity index (χ1v) is 8.09. The zero-order valence-corrected chi connectivity index (χ0v) is 13.7. The molecule has 0 saturated heterocycles. The summed E-state index contributed by atoms with van der Waals surface area (Å²) >= 11 is 2.30. The molecule has 0 unspecified atom stereocenters. The molecule has 0 bridgehead atoms. The van der Waals surface area contributed by atoms with Gasteiger partial charge >= 0.3 is 0 Å². The van der Waals surface area contributed by atoms with E-state index in [4.69, 9.17) is 5.11 Å². The number of aromatic nitrogens is 2. The fourth-order valence-corrected chi connectivity index (χ4v) is 2.59. The van der Waals surface area contributed by atoms with Crippen LogP contribution in [-0.2, 0) is 0 Å². The predicted octanol–water partition coefficient (Wildman–Crippen LogP) is 3.11. The topological polar surface area (TPSA) is 70.1 Å². The van der Waals surface area contributed by atoms with Crippen molar-refractivity contribution in [3.8, 4) is 0 Å². The molecule has 0 amide bonds. The summed E-state index contributed by atoms with van der Waals surface area (Å²) in [7, 11) is 0. The summed E-state index contributed by atoms with van der Waals surface area (Å²) in [6.45, 7) is 0.521. The van der Waals surface area contributed by atoms with Gasteiger partial charge in [0.15, 0.2) is 0 Å². The maximum absolute atomic E-state index is 8.92. The van der Waals surface area contributed by atoms with Crippen LogP contribution >= 0.6 is 22.6 Å². The molecule has 21 heavy (non-hydrogen) atoms. The van der Waals surface area contributed by atoms with Crippen LogP contribution in [0.25, 0.3) is 0 Å². The normalized spacial score (nSPS) is 14.0. The molecule has 1 aliphatic carbocycles. The Labute approximate surface area is 137 Å². The summed E-state index contributed by atoms with van der Waals surface area (Å²) in [4.78, 5) is 8.99. The monoisotopic (exact) mass is 396 g/mol. The van der Waals surface area contributed by atoms with E-state index >= 15 is 0 Å². The molecule has 0 atom stereocenters. The molecule has 1 fully saturated rings. The third-order valence-corrected chi connectivity index (χ3v) is 4.21. The number of halogens is 1. The van der Waals surface area contributed by atoms with Gasteiger partial charge in [-0.3, -0.25) is 0 Å². The summed E-state index contributed by atoms with van der Waals surface area (Å²) in [6, 6.07) is 10.1. The average Bonchev–Trinajstić information content (AvgIpc) is 3.32. The first-order chi connectivity index (χ1) is 10.3. The van der Waals surface area contributed by atoms with Gasteiger partial charge < -0.3 is 15.7 Å². The zero-order chi connectivity index (χ0) is 14.7. The Morgan fingerprint density at radius 2 is 2.05 bits per heavy atom. The Balaban J connectivity index is 1.86. The molecule has 1 aliphatic rings. The maximum atomic E-state index is 8.92. The molecule has 3 N–H and O–H groups in total. The summed E-state index contributed by atoms with van der Waals surface area (Å²) in [5, 5.41) is 15.3. The van der Waals surface area contributed by atoms with Gasteiger partial charge in [-0.15, -0.1) is 0 Å². The van der Waals surface area contributed by atoms with Crippen LogP contribution in [0.15, 0.2) is 30.3 Å². The molecule has 110 valence electrons. The first kappa shape index (κ1) is 14.5. The highest BCUT2D eigenvalue weighted by atomic mass is 127. The Morgan fingerprint density at radius 1 is 1.24 bits per heavy atom. The van der Waals surface area contributed by atoms with Crippen LogP contribution in [0.1, 0.15) is 24.5 Å². The number of anilines is 3. The van der Waals surface area contributed by atoms with Gasteiger partial charge in [-0.1, -0.05) is 12.1 Å². The highest BCUT2D eigenvalue weighted by molar-refractivity contribution is 14.1. The largest absolute Gasteiger partial charge is 0.395 e. The Kier molecular flexibility index (Phi) is 4.54. The van der Waals surface area contributed by atoms with Gasteiger partial charge in [0.2, 0.25) is 5.95 Å². The van der Waals surface area contributed by atoms with Gasteiger partial charge in [-0.05, 0) is 47.6 Å². The molecular weight excluding hydrogens is 379 g/mol. The lowest BCUT2D eigenvalue weighted by Gasteiger charge is -2.11. The molecule has 5 nitrogen and oxygen atoms in total. The number of benzene rings is 1. The highest BCUT2D eigenvalue weighted by Gasteiger charge is 2.26. The van der Waals surface area contributed by atoms with Crippen molar-refractivity contribution in [1.29, 1.82) is 0 Å². The van der Waals surface area contributed by atoms with Crippen LogP contribution in [0.5, 0.6) is 0 Å². The minimum Gasteiger partial charge on any atom is -0.395 e. The van der Waals surface area contributed by atoms with E-state index in [-0.39, 0.29) is 6.61 Å². The number of hydrogen-bond donors (Lipinski definition) is 3. The summed E-state index contributed by atoms with van der Waals surface area (Å²) < 4.78 is 1.14. The fourth-order valence-electron chi connectivity index (χ4n) is 2.07. The minimum absolute atomic E-state index is 0.0658. The predicted molar refractivity (Wildman–Crippen MR) is 92.0 cm³/mol. The summed E-state index contributed by atoms with van der Waals surface area (Å²) in [5.74, 6) is 1.91. The van der Waals surface area contributed by atoms with Crippen LogP contribution in [0, 0.1) is 3.57 Å². The smallest absolute Gasteiger partial charge is 0.224 e. The van der Waals surface area contributed by atoms with Crippen LogP contribution in [0.3, 0.4) is 0 Å². The van der Waals surface area contributed by atoms with Gasteiger partial charge in [0, 0.05) is 22.1 Å². The second-order valence-corrected chi connectivity index (χ2v) is 6.19. The molecule has 1 saturated carbocycles. The van der Waals surface area contributed by atoms with Crippen molar-refractivity contribution in [2.24, 2.45) is 0 Å². The standard InChI is InChI=1S/C15H17IN4O/c16-11-3-1-2-4-12(11)18-14-9-13(10-5-6-10)19-15(20-14)17-7-8-21/h1-4,9-10,21H,5-8H2,(H2,17,18,19,20). The number of hydrogen-bond acceptors (Lipinski definition) is 5. The molecule has 3 rings (SSSR count).